The number of nitrogens with zero attached hydrogens (tertiary/aromatic N) is 2. The second-order valence-corrected chi connectivity index (χ2v) is 4.28. The molecule has 0 radical (unpaired) electrons. The highest BCUT2D eigenvalue weighted by Gasteiger charge is 2.23. The van der Waals surface area contributed by atoms with Crippen molar-refractivity contribution in [2.75, 3.05) is 5.32 Å². The maximum Gasteiger partial charge on any atom is 0.287 e. The van der Waals surface area contributed by atoms with Crippen molar-refractivity contribution in [1.82, 2.24) is 4.98 Å². The highest BCUT2D eigenvalue weighted by Crippen LogP contribution is 2.30. The van der Waals surface area contributed by atoms with Crippen molar-refractivity contribution in [2.45, 2.75) is 32.2 Å². The molecule has 1 saturated carbocycles. The highest BCUT2D eigenvalue weighted by molar-refractivity contribution is 5.40. The molecule has 1 aliphatic rings. The molecule has 0 bridgehead atoms. The molecular weight excluding hydrogens is 206 g/mol. The maximum absolute atomic E-state index is 10.4. The topological polar surface area (TPSA) is 68.1 Å². The molecule has 0 saturated heterocycles. The quantitative estimate of drug-likeness (QED) is 0.626. The number of anilines is 1. The lowest BCUT2D eigenvalue weighted by molar-refractivity contribution is -0.385. The first kappa shape index (κ1) is 10.9. The van der Waals surface area contributed by atoms with Crippen LogP contribution in [0.1, 0.15) is 26.2 Å². The van der Waals surface area contributed by atoms with Crippen LogP contribution in [-0.2, 0) is 0 Å². The monoisotopic (exact) mass is 221 g/mol. The summed E-state index contributed by atoms with van der Waals surface area (Å²) in [4.78, 5) is 14.0. The molecule has 0 aliphatic heterocycles. The van der Waals surface area contributed by atoms with Gasteiger partial charge < -0.3 is 5.32 Å². The van der Waals surface area contributed by atoms with Crippen LogP contribution in [0.4, 0.5) is 11.5 Å². The van der Waals surface area contributed by atoms with Crippen molar-refractivity contribution in [3.8, 4) is 0 Å². The predicted octanol–water partition coefficient (Wildman–Crippen LogP) is 2.59. The molecule has 5 heteroatoms. The zero-order valence-corrected chi connectivity index (χ0v) is 9.22. The van der Waals surface area contributed by atoms with E-state index < -0.39 is 4.92 Å². The van der Waals surface area contributed by atoms with E-state index in [0.717, 1.165) is 5.92 Å². The van der Waals surface area contributed by atoms with Gasteiger partial charge >= 0.3 is 0 Å². The molecule has 0 aromatic carbocycles. The minimum atomic E-state index is -0.438. The molecule has 2 rings (SSSR count). The standard InChI is InChI=1S/C11H15N3O2/c1-8(9-3-2-4-9)13-11-6-5-10(7-12-11)14(15)16/h5-9H,2-4H2,1H3,(H,12,13). The average Bonchev–Trinajstić information content (AvgIpc) is 2.15. The van der Waals surface area contributed by atoms with Gasteiger partial charge in [-0.15, -0.1) is 0 Å². The summed E-state index contributed by atoms with van der Waals surface area (Å²) >= 11 is 0. The van der Waals surface area contributed by atoms with Crippen molar-refractivity contribution in [3.63, 3.8) is 0 Å². The molecule has 1 aromatic heterocycles. The molecule has 1 aliphatic carbocycles. The van der Waals surface area contributed by atoms with E-state index in [4.69, 9.17) is 0 Å². The fourth-order valence-electron chi connectivity index (χ4n) is 1.87. The molecule has 1 unspecified atom stereocenters. The summed E-state index contributed by atoms with van der Waals surface area (Å²) in [6.07, 6.45) is 5.13. The number of nitrogens with one attached hydrogen (secondary N) is 1. The van der Waals surface area contributed by atoms with Gasteiger partial charge in [0.05, 0.1) is 4.92 Å². The van der Waals surface area contributed by atoms with Gasteiger partial charge in [-0.3, -0.25) is 10.1 Å². The van der Waals surface area contributed by atoms with Crippen molar-refractivity contribution in [2.24, 2.45) is 5.92 Å². The Balaban J connectivity index is 1.96. The number of nitro groups is 1. The van der Waals surface area contributed by atoms with Crippen molar-refractivity contribution in [3.05, 3.63) is 28.4 Å². The Labute approximate surface area is 94.0 Å². The summed E-state index contributed by atoms with van der Waals surface area (Å²) in [5.41, 5.74) is 0.0295. The van der Waals surface area contributed by atoms with Crippen LogP contribution in [-0.4, -0.2) is 15.9 Å². The van der Waals surface area contributed by atoms with Crippen LogP contribution in [0.25, 0.3) is 0 Å². The van der Waals surface area contributed by atoms with Gasteiger partial charge in [-0.05, 0) is 31.7 Å². The Kier molecular flexibility index (Phi) is 3.03. The number of hydrogen-bond acceptors (Lipinski definition) is 4. The Bertz CT molecular complexity index is 373. The molecule has 1 atom stereocenters. The lowest BCUT2D eigenvalue weighted by Crippen LogP contribution is -2.31. The van der Waals surface area contributed by atoms with Gasteiger partial charge in [0.25, 0.3) is 5.69 Å². The Morgan fingerprint density at radius 3 is 2.75 bits per heavy atom. The number of pyridine rings is 1. The van der Waals surface area contributed by atoms with Crippen LogP contribution in [0.15, 0.2) is 18.3 Å². The Morgan fingerprint density at radius 2 is 2.31 bits per heavy atom. The van der Waals surface area contributed by atoms with Crippen molar-refractivity contribution >= 4 is 11.5 Å². The van der Waals surface area contributed by atoms with E-state index in [0.29, 0.717) is 11.9 Å². The lowest BCUT2D eigenvalue weighted by Gasteiger charge is -2.32. The number of hydrogen-bond donors (Lipinski definition) is 1. The first-order valence-corrected chi connectivity index (χ1v) is 5.54. The van der Waals surface area contributed by atoms with Crippen LogP contribution >= 0.6 is 0 Å². The molecule has 86 valence electrons. The van der Waals surface area contributed by atoms with E-state index in [1.54, 1.807) is 6.07 Å². The summed E-state index contributed by atoms with van der Waals surface area (Å²) < 4.78 is 0. The maximum atomic E-state index is 10.4. The first-order chi connectivity index (χ1) is 7.66. The Hall–Kier alpha value is -1.65. The molecule has 0 amide bonds. The summed E-state index contributed by atoms with van der Waals surface area (Å²) in [6, 6.07) is 3.53. The van der Waals surface area contributed by atoms with E-state index in [1.165, 1.54) is 31.5 Å². The summed E-state index contributed by atoms with van der Waals surface area (Å²) in [6.45, 7) is 2.13. The van der Waals surface area contributed by atoms with Gasteiger partial charge in [0.15, 0.2) is 0 Å². The lowest BCUT2D eigenvalue weighted by atomic mass is 9.80. The first-order valence-electron chi connectivity index (χ1n) is 5.54. The van der Waals surface area contributed by atoms with E-state index in [-0.39, 0.29) is 5.69 Å². The molecule has 1 aromatic rings. The van der Waals surface area contributed by atoms with E-state index in [2.05, 4.69) is 17.2 Å². The third-order valence-electron chi connectivity index (χ3n) is 3.19. The van der Waals surface area contributed by atoms with Gasteiger partial charge in [-0.25, -0.2) is 4.98 Å². The minimum Gasteiger partial charge on any atom is -0.367 e. The zero-order chi connectivity index (χ0) is 11.5. The molecule has 1 N–H and O–H groups in total. The summed E-state index contributed by atoms with van der Waals surface area (Å²) in [5.74, 6) is 1.43. The average molecular weight is 221 g/mol. The normalized spacial score (nSPS) is 17.6. The third kappa shape index (κ3) is 2.29. The SMILES string of the molecule is CC(Nc1ccc([N+](=O)[O-])cn1)C1CCC1. The van der Waals surface area contributed by atoms with Crippen LogP contribution < -0.4 is 5.32 Å². The molecule has 5 nitrogen and oxygen atoms in total. The molecule has 0 spiro atoms. The summed E-state index contributed by atoms with van der Waals surface area (Å²) in [5, 5.41) is 13.7. The van der Waals surface area contributed by atoms with Crippen molar-refractivity contribution in [1.29, 1.82) is 0 Å². The molecule has 16 heavy (non-hydrogen) atoms. The van der Waals surface area contributed by atoms with Crippen LogP contribution in [0.5, 0.6) is 0 Å². The predicted molar refractivity (Wildman–Crippen MR) is 61.3 cm³/mol. The van der Waals surface area contributed by atoms with E-state index >= 15 is 0 Å². The van der Waals surface area contributed by atoms with Crippen molar-refractivity contribution < 1.29 is 4.92 Å². The fraction of sp³-hybridized carbons (Fsp3) is 0.545. The van der Waals surface area contributed by atoms with Gasteiger partial charge in [0, 0.05) is 12.1 Å². The highest BCUT2D eigenvalue weighted by atomic mass is 16.6. The second-order valence-electron chi connectivity index (χ2n) is 4.28. The summed E-state index contributed by atoms with van der Waals surface area (Å²) in [7, 11) is 0. The molecule has 1 fully saturated rings. The molecular formula is C11H15N3O2. The van der Waals surface area contributed by atoms with E-state index in [1.807, 2.05) is 0 Å². The van der Waals surface area contributed by atoms with Gasteiger partial charge in [-0.2, -0.15) is 0 Å². The number of rotatable bonds is 4. The molecule has 1 heterocycles. The van der Waals surface area contributed by atoms with E-state index in [9.17, 15) is 10.1 Å². The smallest absolute Gasteiger partial charge is 0.287 e. The zero-order valence-electron chi connectivity index (χ0n) is 9.22. The van der Waals surface area contributed by atoms with Crippen LogP contribution in [0, 0.1) is 16.0 Å². The van der Waals surface area contributed by atoms with Gasteiger partial charge in [0.1, 0.15) is 12.0 Å². The Morgan fingerprint density at radius 1 is 1.56 bits per heavy atom. The second kappa shape index (κ2) is 4.47. The van der Waals surface area contributed by atoms with Crippen LogP contribution in [0.3, 0.4) is 0 Å². The van der Waals surface area contributed by atoms with Gasteiger partial charge in [0.2, 0.25) is 0 Å². The van der Waals surface area contributed by atoms with Crippen LogP contribution in [0.2, 0.25) is 0 Å². The fourth-order valence-corrected chi connectivity index (χ4v) is 1.87. The largest absolute Gasteiger partial charge is 0.367 e. The minimum absolute atomic E-state index is 0.0295. The number of aromatic nitrogens is 1. The third-order valence-corrected chi connectivity index (χ3v) is 3.19. The van der Waals surface area contributed by atoms with Gasteiger partial charge in [-0.1, -0.05) is 6.42 Å².